The summed E-state index contributed by atoms with van der Waals surface area (Å²) in [6.07, 6.45) is 2.61. The van der Waals surface area contributed by atoms with Crippen LogP contribution in [-0.2, 0) is 6.54 Å². The lowest BCUT2D eigenvalue weighted by Crippen LogP contribution is -2.46. The van der Waals surface area contributed by atoms with E-state index in [0.717, 1.165) is 32.0 Å². The van der Waals surface area contributed by atoms with Gasteiger partial charge >= 0.3 is 0 Å². The van der Waals surface area contributed by atoms with Crippen molar-refractivity contribution in [3.63, 3.8) is 0 Å². The van der Waals surface area contributed by atoms with Crippen molar-refractivity contribution in [1.82, 2.24) is 15.1 Å². The number of likely N-dealkylation sites (tertiary alicyclic amines) is 1. The molecule has 1 aromatic rings. The fourth-order valence-corrected chi connectivity index (χ4v) is 2.86. The Morgan fingerprint density at radius 1 is 1.29 bits per heavy atom. The van der Waals surface area contributed by atoms with Gasteiger partial charge in [-0.05, 0) is 58.2 Å². The highest BCUT2D eigenvalue weighted by atomic mass is 16.5. The molecule has 1 N–H and O–H groups in total. The average Bonchev–Trinajstić information content (AvgIpc) is 2.50. The van der Waals surface area contributed by atoms with Crippen LogP contribution in [0.1, 0.15) is 18.4 Å². The zero-order valence-electron chi connectivity index (χ0n) is 13.6. The van der Waals surface area contributed by atoms with Gasteiger partial charge in [0.2, 0.25) is 0 Å². The number of piperidine rings is 1. The van der Waals surface area contributed by atoms with Crippen molar-refractivity contribution in [1.29, 1.82) is 0 Å². The van der Waals surface area contributed by atoms with Gasteiger partial charge in [-0.1, -0.05) is 12.1 Å². The van der Waals surface area contributed by atoms with Gasteiger partial charge in [0.15, 0.2) is 0 Å². The van der Waals surface area contributed by atoms with Gasteiger partial charge in [-0.3, -0.25) is 4.90 Å². The van der Waals surface area contributed by atoms with Gasteiger partial charge in [0.25, 0.3) is 0 Å². The Hall–Kier alpha value is -1.10. The van der Waals surface area contributed by atoms with Gasteiger partial charge in [-0.25, -0.2) is 0 Å². The molecule has 1 heterocycles. The second-order valence-corrected chi connectivity index (χ2v) is 6.08. The van der Waals surface area contributed by atoms with Crippen LogP contribution in [0.15, 0.2) is 24.3 Å². The van der Waals surface area contributed by atoms with E-state index in [-0.39, 0.29) is 0 Å². The molecule has 1 saturated heterocycles. The van der Waals surface area contributed by atoms with E-state index in [1.54, 1.807) is 0 Å². The van der Waals surface area contributed by atoms with Crippen LogP contribution in [-0.4, -0.2) is 63.2 Å². The van der Waals surface area contributed by atoms with Crippen molar-refractivity contribution in [2.24, 2.45) is 0 Å². The summed E-state index contributed by atoms with van der Waals surface area (Å²) in [5, 5.41) is 3.15. The minimum absolute atomic E-state index is 0.694. The average molecular weight is 291 g/mol. The first-order valence-electron chi connectivity index (χ1n) is 7.94. The quantitative estimate of drug-likeness (QED) is 0.829. The van der Waals surface area contributed by atoms with E-state index in [0.29, 0.717) is 6.04 Å². The number of hydrogen-bond donors (Lipinski definition) is 1. The van der Waals surface area contributed by atoms with Crippen molar-refractivity contribution in [3.8, 4) is 5.75 Å². The summed E-state index contributed by atoms with van der Waals surface area (Å²) in [6.45, 7) is 5.06. The molecule has 0 aliphatic carbocycles. The number of nitrogens with one attached hydrogen (secondary N) is 1. The van der Waals surface area contributed by atoms with E-state index in [1.165, 1.54) is 24.9 Å². The molecule has 1 fully saturated rings. The third kappa shape index (κ3) is 5.30. The molecule has 4 nitrogen and oxygen atoms in total. The molecule has 21 heavy (non-hydrogen) atoms. The third-order valence-corrected chi connectivity index (χ3v) is 4.19. The number of likely N-dealkylation sites (N-methyl/N-ethyl adjacent to an activating group) is 1. The van der Waals surface area contributed by atoms with Crippen molar-refractivity contribution in [2.75, 3.05) is 47.4 Å². The fraction of sp³-hybridized carbons (Fsp3) is 0.647. The number of ether oxygens (including phenoxy) is 1. The molecule has 0 spiro atoms. The largest absolute Gasteiger partial charge is 0.492 e. The smallest absolute Gasteiger partial charge is 0.119 e. The molecule has 1 aliphatic rings. The van der Waals surface area contributed by atoms with Gasteiger partial charge in [0, 0.05) is 25.7 Å². The zero-order chi connectivity index (χ0) is 15.1. The monoisotopic (exact) mass is 291 g/mol. The van der Waals surface area contributed by atoms with Gasteiger partial charge in [0.1, 0.15) is 12.4 Å². The Morgan fingerprint density at radius 2 is 2.05 bits per heavy atom. The minimum atomic E-state index is 0.694. The number of hydrogen-bond acceptors (Lipinski definition) is 4. The van der Waals surface area contributed by atoms with E-state index in [4.69, 9.17) is 4.74 Å². The van der Waals surface area contributed by atoms with Gasteiger partial charge in [-0.2, -0.15) is 0 Å². The SMILES string of the molecule is CNCc1ccc(OCCN2CCCC(N(C)C)C2)cc1. The molecule has 0 amide bonds. The van der Waals surface area contributed by atoms with E-state index < -0.39 is 0 Å². The summed E-state index contributed by atoms with van der Waals surface area (Å²) in [5.41, 5.74) is 1.29. The summed E-state index contributed by atoms with van der Waals surface area (Å²) in [7, 11) is 6.32. The highest BCUT2D eigenvalue weighted by Crippen LogP contribution is 2.15. The van der Waals surface area contributed by atoms with E-state index >= 15 is 0 Å². The Balaban J connectivity index is 1.71. The fourth-order valence-electron chi connectivity index (χ4n) is 2.86. The Labute approximate surface area is 129 Å². The second-order valence-electron chi connectivity index (χ2n) is 6.08. The van der Waals surface area contributed by atoms with Gasteiger partial charge < -0.3 is 15.0 Å². The zero-order valence-corrected chi connectivity index (χ0v) is 13.6. The van der Waals surface area contributed by atoms with Crippen molar-refractivity contribution in [2.45, 2.75) is 25.4 Å². The third-order valence-electron chi connectivity index (χ3n) is 4.19. The van der Waals surface area contributed by atoms with Gasteiger partial charge in [0.05, 0.1) is 0 Å². The van der Waals surface area contributed by atoms with Crippen LogP contribution >= 0.6 is 0 Å². The van der Waals surface area contributed by atoms with Crippen molar-refractivity contribution >= 4 is 0 Å². The molecule has 1 aromatic carbocycles. The standard InChI is InChI=1S/C17H29N3O/c1-18-13-15-6-8-17(9-7-15)21-12-11-20-10-4-5-16(14-20)19(2)3/h6-9,16,18H,4-5,10-14H2,1-3H3. The summed E-state index contributed by atoms with van der Waals surface area (Å²) in [6, 6.07) is 9.06. The second kappa shape index (κ2) is 8.37. The highest BCUT2D eigenvalue weighted by Gasteiger charge is 2.20. The first-order chi connectivity index (χ1) is 10.2. The first-order valence-corrected chi connectivity index (χ1v) is 7.94. The van der Waals surface area contributed by atoms with E-state index in [9.17, 15) is 0 Å². The van der Waals surface area contributed by atoms with Crippen LogP contribution in [0.4, 0.5) is 0 Å². The normalized spacial score (nSPS) is 19.9. The lowest BCUT2D eigenvalue weighted by Gasteiger charge is -2.36. The molecule has 0 radical (unpaired) electrons. The van der Waals surface area contributed by atoms with Crippen molar-refractivity contribution in [3.05, 3.63) is 29.8 Å². The molecule has 0 aromatic heterocycles. The minimum Gasteiger partial charge on any atom is -0.492 e. The lowest BCUT2D eigenvalue weighted by molar-refractivity contribution is 0.117. The molecule has 118 valence electrons. The molecule has 0 saturated carbocycles. The summed E-state index contributed by atoms with van der Waals surface area (Å²) >= 11 is 0. The van der Waals surface area contributed by atoms with E-state index in [1.807, 2.05) is 7.05 Å². The van der Waals surface area contributed by atoms with Crippen LogP contribution in [0.25, 0.3) is 0 Å². The predicted molar refractivity (Wildman–Crippen MR) is 87.8 cm³/mol. The van der Waals surface area contributed by atoms with E-state index in [2.05, 4.69) is 53.5 Å². The van der Waals surface area contributed by atoms with Crippen LogP contribution in [0, 0.1) is 0 Å². The van der Waals surface area contributed by atoms with Crippen LogP contribution < -0.4 is 10.1 Å². The summed E-state index contributed by atoms with van der Waals surface area (Å²) in [4.78, 5) is 4.86. The molecule has 2 rings (SSSR count). The first kappa shape index (κ1) is 16.3. The maximum atomic E-state index is 5.86. The Bertz CT molecular complexity index is 405. The number of rotatable bonds is 7. The Kier molecular flexibility index (Phi) is 6.49. The van der Waals surface area contributed by atoms with Crippen LogP contribution in [0.3, 0.4) is 0 Å². The molecule has 1 atom stereocenters. The predicted octanol–water partition coefficient (Wildman–Crippen LogP) is 1.81. The molecular weight excluding hydrogens is 262 g/mol. The molecule has 0 bridgehead atoms. The molecule has 1 unspecified atom stereocenters. The Morgan fingerprint density at radius 3 is 2.71 bits per heavy atom. The number of nitrogens with zero attached hydrogens (tertiary/aromatic N) is 2. The van der Waals surface area contributed by atoms with Crippen LogP contribution in [0.2, 0.25) is 0 Å². The topological polar surface area (TPSA) is 27.7 Å². The lowest BCUT2D eigenvalue weighted by atomic mass is 10.1. The molecular formula is C17H29N3O. The highest BCUT2D eigenvalue weighted by molar-refractivity contribution is 5.27. The maximum Gasteiger partial charge on any atom is 0.119 e. The van der Waals surface area contributed by atoms with Gasteiger partial charge in [-0.15, -0.1) is 0 Å². The maximum absolute atomic E-state index is 5.86. The molecule has 1 aliphatic heterocycles. The summed E-state index contributed by atoms with van der Waals surface area (Å²) < 4.78 is 5.86. The van der Waals surface area contributed by atoms with Crippen molar-refractivity contribution < 1.29 is 4.74 Å². The van der Waals surface area contributed by atoms with Crippen LogP contribution in [0.5, 0.6) is 5.75 Å². The molecule has 4 heteroatoms. The summed E-state index contributed by atoms with van der Waals surface area (Å²) in [5.74, 6) is 0.969. The number of benzene rings is 1.